The second kappa shape index (κ2) is 12.1. The van der Waals surface area contributed by atoms with E-state index in [-0.39, 0.29) is 11.9 Å². The second-order valence-electron chi connectivity index (χ2n) is 3.08. The lowest BCUT2D eigenvalue weighted by atomic mass is 10.6. The van der Waals surface area contributed by atoms with Gasteiger partial charge in [-0.25, -0.2) is 0 Å². The van der Waals surface area contributed by atoms with Crippen LogP contribution in [0.1, 0.15) is 13.8 Å². The number of rotatable bonds is 10. The molecule has 0 radical (unpaired) electrons. The summed E-state index contributed by atoms with van der Waals surface area (Å²) in [6.45, 7) is 5.09. The summed E-state index contributed by atoms with van der Waals surface area (Å²) in [6.07, 6.45) is 0. The summed E-state index contributed by atoms with van der Waals surface area (Å²) in [4.78, 5) is 21.0. The Bertz CT molecular complexity index is 204. The Hall–Kier alpha value is -0.400. The van der Waals surface area contributed by atoms with Gasteiger partial charge in [-0.15, -0.1) is 0 Å². The highest BCUT2D eigenvalue weighted by molar-refractivity contribution is 8.76. The highest BCUT2D eigenvalue weighted by Crippen LogP contribution is 2.20. The number of carbonyl (C=O) groups is 2. The monoisotopic (exact) mass is 281 g/mol. The molecule has 0 aromatic rings. The zero-order valence-corrected chi connectivity index (χ0v) is 11.8. The molecule has 0 aliphatic carbocycles. The molecule has 0 heterocycles. The van der Waals surface area contributed by atoms with E-state index in [1.807, 2.05) is 0 Å². The molecule has 100 valence electrons. The minimum absolute atomic E-state index is 0.0380. The quantitative estimate of drug-likeness (QED) is 0.367. The molecule has 0 atom stereocenters. The van der Waals surface area contributed by atoms with Gasteiger partial charge in [-0.2, -0.15) is 0 Å². The van der Waals surface area contributed by atoms with Gasteiger partial charge in [0.25, 0.3) is 0 Å². The van der Waals surface area contributed by atoms with Crippen molar-refractivity contribution in [2.45, 2.75) is 13.8 Å². The minimum atomic E-state index is -0.239. The molecule has 1 amide bonds. The summed E-state index contributed by atoms with van der Waals surface area (Å²) in [5.41, 5.74) is 0. The summed E-state index contributed by atoms with van der Waals surface area (Å²) >= 11 is 0. The molecule has 0 saturated carbocycles. The third kappa shape index (κ3) is 15.6. The van der Waals surface area contributed by atoms with Crippen molar-refractivity contribution in [3.8, 4) is 0 Å². The fraction of sp³-hybridized carbons (Fsp3) is 0.800. The van der Waals surface area contributed by atoms with Crippen LogP contribution in [0.25, 0.3) is 0 Å². The maximum absolute atomic E-state index is 10.5. The lowest BCUT2D eigenvalue weighted by Gasteiger charge is -2.04. The fourth-order valence-corrected chi connectivity index (χ4v) is 2.52. The molecule has 0 unspecified atom stereocenters. The van der Waals surface area contributed by atoms with Gasteiger partial charge >= 0.3 is 5.97 Å². The maximum atomic E-state index is 10.5. The van der Waals surface area contributed by atoms with Gasteiger partial charge in [0.05, 0.1) is 13.2 Å². The summed E-state index contributed by atoms with van der Waals surface area (Å²) in [5.74, 6) is 1.39. The van der Waals surface area contributed by atoms with Crippen LogP contribution in [0.15, 0.2) is 0 Å². The Morgan fingerprint density at radius 2 is 1.71 bits per heavy atom. The molecule has 0 bridgehead atoms. The summed E-state index contributed by atoms with van der Waals surface area (Å²) in [6, 6.07) is 0. The molecule has 0 rings (SSSR count). The molecular weight excluding hydrogens is 262 g/mol. The first kappa shape index (κ1) is 16.6. The average Bonchev–Trinajstić information content (AvgIpc) is 2.25. The van der Waals surface area contributed by atoms with Crippen molar-refractivity contribution >= 4 is 33.5 Å². The van der Waals surface area contributed by atoms with Crippen LogP contribution in [-0.2, 0) is 19.1 Å². The van der Waals surface area contributed by atoms with E-state index in [1.165, 1.54) is 13.8 Å². The van der Waals surface area contributed by atoms with Crippen molar-refractivity contribution in [1.82, 2.24) is 5.32 Å². The van der Waals surface area contributed by atoms with Crippen molar-refractivity contribution in [3.05, 3.63) is 0 Å². The number of amides is 1. The van der Waals surface area contributed by atoms with Gasteiger partial charge in [-0.05, 0) is 0 Å². The van der Waals surface area contributed by atoms with Crippen molar-refractivity contribution in [1.29, 1.82) is 0 Å². The SMILES string of the molecule is CC(=O)NCCOCCSSCCOC(C)=O. The maximum Gasteiger partial charge on any atom is 0.302 e. The zero-order chi connectivity index (χ0) is 12.9. The number of carbonyl (C=O) groups excluding carboxylic acids is 2. The topological polar surface area (TPSA) is 64.6 Å². The Morgan fingerprint density at radius 3 is 2.29 bits per heavy atom. The first-order chi connectivity index (χ1) is 8.13. The number of nitrogens with one attached hydrogen (secondary N) is 1. The highest BCUT2D eigenvalue weighted by Gasteiger charge is 1.95. The summed E-state index contributed by atoms with van der Waals surface area (Å²) < 4.78 is 10.1. The van der Waals surface area contributed by atoms with Gasteiger partial charge in [0.15, 0.2) is 0 Å². The van der Waals surface area contributed by atoms with E-state index in [0.717, 1.165) is 11.5 Å². The molecule has 5 nitrogen and oxygen atoms in total. The Kier molecular flexibility index (Phi) is 11.8. The van der Waals surface area contributed by atoms with Crippen LogP contribution < -0.4 is 5.32 Å². The molecule has 7 heteroatoms. The Balaban J connectivity index is 2.98. The van der Waals surface area contributed by atoms with E-state index < -0.39 is 0 Å². The first-order valence-electron chi connectivity index (χ1n) is 5.33. The van der Waals surface area contributed by atoms with Crippen LogP contribution in [0.5, 0.6) is 0 Å². The van der Waals surface area contributed by atoms with Crippen LogP contribution >= 0.6 is 21.6 Å². The van der Waals surface area contributed by atoms with Gasteiger partial charge < -0.3 is 14.8 Å². The Morgan fingerprint density at radius 1 is 1.06 bits per heavy atom. The van der Waals surface area contributed by atoms with E-state index >= 15 is 0 Å². The van der Waals surface area contributed by atoms with Crippen LogP contribution in [0.4, 0.5) is 0 Å². The highest BCUT2D eigenvalue weighted by atomic mass is 33.1. The van der Waals surface area contributed by atoms with E-state index in [2.05, 4.69) is 5.32 Å². The molecule has 1 N–H and O–H groups in total. The molecule has 0 aromatic carbocycles. The van der Waals surface area contributed by atoms with E-state index in [9.17, 15) is 9.59 Å². The number of ether oxygens (including phenoxy) is 2. The van der Waals surface area contributed by atoms with Gasteiger partial charge in [0.1, 0.15) is 6.61 Å². The standard InChI is InChI=1S/C10H19NO4S2/c1-9(12)11-3-4-14-5-7-16-17-8-6-15-10(2)13/h3-8H2,1-2H3,(H,11,12). The van der Waals surface area contributed by atoms with E-state index in [4.69, 9.17) is 9.47 Å². The van der Waals surface area contributed by atoms with Gasteiger partial charge in [0, 0.05) is 31.9 Å². The van der Waals surface area contributed by atoms with Crippen LogP contribution in [0, 0.1) is 0 Å². The van der Waals surface area contributed by atoms with Crippen LogP contribution in [-0.4, -0.2) is 49.7 Å². The molecule has 0 fully saturated rings. The van der Waals surface area contributed by atoms with Crippen molar-refractivity contribution < 1.29 is 19.1 Å². The van der Waals surface area contributed by atoms with Crippen molar-refractivity contribution in [2.24, 2.45) is 0 Å². The molecule has 0 aliphatic heterocycles. The molecule has 17 heavy (non-hydrogen) atoms. The van der Waals surface area contributed by atoms with Crippen LogP contribution in [0.2, 0.25) is 0 Å². The number of hydrogen-bond donors (Lipinski definition) is 1. The number of esters is 1. The van der Waals surface area contributed by atoms with E-state index in [0.29, 0.717) is 26.4 Å². The van der Waals surface area contributed by atoms with Gasteiger partial charge in [-0.1, -0.05) is 21.6 Å². The van der Waals surface area contributed by atoms with E-state index in [1.54, 1.807) is 21.6 Å². The normalized spacial score (nSPS) is 10.0. The largest absolute Gasteiger partial charge is 0.465 e. The molecule has 0 aromatic heterocycles. The van der Waals surface area contributed by atoms with Crippen molar-refractivity contribution in [3.63, 3.8) is 0 Å². The summed E-state index contributed by atoms with van der Waals surface area (Å²) in [7, 11) is 3.34. The van der Waals surface area contributed by atoms with Crippen molar-refractivity contribution in [2.75, 3.05) is 37.9 Å². The third-order valence-corrected chi connectivity index (χ3v) is 3.82. The molecular formula is C10H19NO4S2. The summed E-state index contributed by atoms with van der Waals surface area (Å²) in [5, 5.41) is 2.65. The second-order valence-corrected chi connectivity index (χ2v) is 5.78. The number of hydrogen-bond acceptors (Lipinski definition) is 6. The lowest BCUT2D eigenvalue weighted by molar-refractivity contribution is -0.140. The minimum Gasteiger partial charge on any atom is -0.465 e. The lowest BCUT2D eigenvalue weighted by Crippen LogP contribution is -2.24. The van der Waals surface area contributed by atoms with Gasteiger partial charge in [0.2, 0.25) is 5.91 Å². The average molecular weight is 281 g/mol. The fourth-order valence-electron chi connectivity index (χ4n) is 0.832. The zero-order valence-electron chi connectivity index (χ0n) is 10.2. The van der Waals surface area contributed by atoms with Gasteiger partial charge in [-0.3, -0.25) is 9.59 Å². The predicted molar refractivity (Wildman–Crippen MR) is 71.1 cm³/mol. The third-order valence-electron chi connectivity index (χ3n) is 1.49. The molecule has 0 saturated heterocycles. The van der Waals surface area contributed by atoms with Crippen LogP contribution in [0.3, 0.4) is 0 Å². The smallest absolute Gasteiger partial charge is 0.302 e. The first-order valence-corrected chi connectivity index (χ1v) is 7.81. The molecule has 0 aliphatic rings. The predicted octanol–water partition coefficient (Wildman–Crippen LogP) is 1.08. The Labute approximate surface area is 110 Å². The molecule has 0 spiro atoms.